The number of hydrogen-bond acceptors (Lipinski definition) is 2. The van der Waals surface area contributed by atoms with Crippen molar-refractivity contribution in [2.75, 3.05) is 19.7 Å². The molecule has 1 aromatic carbocycles. The Balaban J connectivity index is 1.94. The van der Waals surface area contributed by atoms with E-state index in [1.807, 2.05) is 0 Å². The van der Waals surface area contributed by atoms with E-state index in [-0.39, 0.29) is 18.1 Å². The quantitative estimate of drug-likeness (QED) is 0.720. The third-order valence-electron chi connectivity index (χ3n) is 4.10. The summed E-state index contributed by atoms with van der Waals surface area (Å²) < 4.78 is 0. The van der Waals surface area contributed by atoms with Gasteiger partial charge in [-0.05, 0) is 36.8 Å². The zero-order valence-corrected chi connectivity index (χ0v) is 12.1. The third kappa shape index (κ3) is 3.51. The number of rotatable bonds is 5. The molecule has 1 aromatic rings. The molecule has 0 aromatic heterocycles. The monoisotopic (exact) mass is 276 g/mol. The molecule has 2 rings (SSSR count). The topological polar surface area (TPSA) is 61.4 Å². The maximum Gasteiger partial charge on any atom is 0.314 e. The molecule has 20 heavy (non-hydrogen) atoms. The van der Waals surface area contributed by atoms with Crippen LogP contribution in [0.25, 0.3) is 0 Å². The minimum absolute atomic E-state index is 0.0170. The summed E-state index contributed by atoms with van der Waals surface area (Å²) in [5.41, 5.74) is 2.79. The highest BCUT2D eigenvalue weighted by Crippen LogP contribution is 2.36. The highest BCUT2D eigenvalue weighted by Gasteiger charge is 2.31. The Labute approximate surface area is 120 Å². The summed E-state index contributed by atoms with van der Waals surface area (Å²) in [7, 11) is 0. The lowest BCUT2D eigenvalue weighted by molar-refractivity contribution is 0.234. The van der Waals surface area contributed by atoms with Crippen LogP contribution in [0.5, 0.6) is 0 Å². The number of aryl methyl sites for hydroxylation is 1. The minimum atomic E-state index is -0.150. The smallest absolute Gasteiger partial charge is 0.314 e. The molecule has 0 aliphatic heterocycles. The predicted molar refractivity (Wildman–Crippen MR) is 79.8 cm³/mol. The van der Waals surface area contributed by atoms with Gasteiger partial charge >= 0.3 is 6.03 Å². The van der Waals surface area contributed by atoms with Crippen LogP contribution in [0.1, 0.15) is 37.3 Å². The van der Waals surface area contributed by atoms with Crippen molar-refractivity contribution in [3.8, 4) is 0 Å². The lowest BCUT2D eigenvalue weighted by Gasteiger charge is -2.36. The van der Waals surface area contributed by atoms with Crippen molar-refractivity contribution in [1.82, 2.24) is 10.6 Å². The zero-order chi connectivity index (χ0) is 14.4. The molecular weight excluding hydrogens is 252 g/mol. The van der Waals surface area contributed by atoms with Gasteiger partial charge in [-0.2, -0.15) is 0 Å². The van der Waals surface area contributed by atoms with Gasteiger partial charge in [0.15, 0.2) is 0 Å². The van der Waals surface area contributed by atoms with E-state index < -0.39 is 0 Å². The number of carbonyl (C=O) groups excluding carboxylic acids is 1. The van der Waals surface area contributed by atoms with Gasteiger partial charge in [-0.25, -0.2) is 4.79 Å². The normalized spacial score (nSPS) is 21.1. The second-order valence-corrected chi connectivity index (χ2v) is 5.76. The Morgan fingerprint density at radius 2 is 2.15 bits per heavy atom. The molecular formula is C16H24N2O2. The number of urea groups is 1. The van der Waals surface area contributed by atoms with E-state index in [0.717, 1.165) is 12.8 Å². The van der Waals surface area contributed by atoms with Gasteiger partial charge in [0, 0.05) is 25.1 Å². The van der Waals surface area contributed by atoms with Crippen molar-refractivity contribution in [3.63, 3.8) is 0 Å². The Morgan fingerprint density at radius 1 is 1.35 bits per heavy atom. The number of aliphatic hydroxyl groups excluding tert-OH is 1. The average Bonchev–Trinajstić information content (AvgIpc) is 2.46. The molecule has 1 aliphatic carbocycles. The second-order valence-electron chi connectivity index (χ2n) is 5.76. The molecule has 1 atom stereocenters. The number of nitrogens with one attached hydrogen (secondary N) is 2. The molecule has 0 spiro atoms. The first-order valence-corrected chi connectivity index (χ1v) is 7.37. The lowest BCUT2D eigenvalue weighted by Crippen LogP contribution is -2.45. The molecule has 2 amide bonds. The SMILES string of the molecule is CC1(CNC(=O)NCCCO)CCCc2ccccc21. The molecule has 1 aliphatic rings. The molecule has 0 fully saturated rings. The van der Waals surface area contributed by atoms with Crippen molar-refractivity contribution in [2.45, 2.75) is 38.0 Å². The fourth-order valence-electron chi connectivity index (χ4n) is 2.93. The highest BCUT2D eigenvalue weighted by atomic mass is 16.3. The number of aliphatic hydroxyl groups is 1. The van der Waals surface area contributed by atoms with Crippen LogP contribution in [0.3, 0.4) is 0 Å². The average molecular weight is 276 g/mol. The van der Waals surface area contributed by atoms with Crippen LogP contribution in [0.4, 0.5) is 4.79 Å². The van der Waals surface area contributed by atoms with Crippen molar-refractivity contribution < 1.29 is 9.90 Å². The fourth-order valence-corrected chi connectivity index (χ4v) is 2.93. The summed E-state index contributed by atoms with van der Waals surface area (Å²) in [6, 6.07) is 8.37. The molecule has 0 saturated carbocycles. The molecule has 0 saturated heterocycles. The van der Waals surface area contributed by atoms with Crippen LogP contribution in [0.15, 0.2) is 24.3 Å². The van der Waals surface area contributed by atoms with E-state index >= 15 is 0 Å². The lowest BCUT2D eigenvalue weighted by atomic mass is 9.71. The van der Waals surface area contributed by atoms with E-state index in [4.69, 9.17) is 5.11 Å². The van der Waals surface area contributed by atoms with Crippen molar-refractivity contribution in [3.05, 3.63) is 35.4 Å². The largest absolute Gasteiger partial charge is 0.396 e. The summed E-state index contributed by atoms with van der Waals surface area (Å²) in [6.07, 6.45) is 3.99. The molecule has 0 heterocycles. The highest BCUT2D eigenvalue weighted by molar-refractivity contribution is 5.73. The van der Waals surface area contributed by atoms with E-state index in [1.165, 1.54) is 17.5 Å². The van der Waals surface area contributed by atoms with Gasteiger partial charge in [0.25, 0.3) is 0 Å². The number of carbonyl (C=O) groups is 1. The first kappa shape index (κ1) is 14.9. The van der Waals surface area contributed by atoms with Crippen LogP contribution >= 0.6 is 0 Å². The van der Waals surface area contributed by atoms with Gasteiger partial charge in [-0.15, -0.1) is 0 Å². The van der Waals surface area contributed by atoms with E-state index in [1.54, 1.807) is 0 Å². The predicted octanol–water partition coefficient (Wildman–Crippen LogP) is 1.96. The van der Waals surface area contributed by atoms with Crippen molar-refractivity contribution in [1.29, 1.82) is 0 Å². The van der Waals surface area contributed by atoms with Crippen LogP contribution < -0.4 is 10.6 Å². The first-order valence-electron chi connectivity index (χ1n) is 7.37. The summed E-state index contributed by atoms with van der Waals surface area (Å²) in [5, 5.41) is 14.4. The van der Waals surface area contributed by atoms with Gasteiger partial charge in [0.2, 0.25) is 0 Å². The molecule has 3 N–H and O–H groups in total. The van der Waals surface area contributed by atoms with Crippen LogP contribution in [0, 0.1) is 0 Å². The van der Waals surface area contributed by atoms with Gasteiger partial charge in [-0.3, -0.25) is 0 Å². The molecule has 4 heteroatoms. The zero-order valence-electron chi connectivity index (χ0n) is 12.1. The fraction of sp³-hybridized carbons (Fsp3) is 0.562. The number of fused-ring (bicyclic) bond motifs is 1. The summed E-state index contributed by atoms with van der Waals surface area (Å²) in [5.74, 6) is 0. The number of hydrogen-bond donors (Lipinski definition) is 3. The molecule has 1 unspecified atom stereocenters. The summed E-state index contributed by atoms with van der Waals surface area (Å²) in [4.78, 5) is 11.7. The molecule has 0 radical (unpaired) electrons. The maximum atomic E-state index is 11.7. The van der Waals surface area contributed by atoms with Gasteiger partial charge in [-0.1, -0.05) is 31.2 Å². The van der Waals surface area contributed by atoms with Gasteiger partial charge in [0.05, 0.1) is 0 Å². The first-order chi connectivity index (χ1) is 9.65. The summed E-state index contributed by atoms with van der Waals surface area (Å²) in [6.45, 7) is 3.48. The van der Waals surface area contributed by atoms with Crippen molar-refractivity contribution in [2.24, 2.45) is 0 Å². The number of benzene rings is 1. The van der Waals surface area contributed by atoms with Crippen molar-refractivity contribution >= 4 is 6.03 Å². The standard InChI is InChI=1S/C16H24N2O2/c1-16(12-18-15(20)17-10-5-11-19)9-4-7-13-6-2-3-8-14(13)16/h2-3,6,8,19H,4-5,7,9-12H2,1H3,(H2,17,18,20). The van der Waals surface area contributed by atoms with E-state index in [9.17, 15) is 4.79 Å². The van der Waals surface area contributed by atoms with Crippen LogP contribution in [-0.2, 0) is 11.8 Å². The minimum Gasteiger partial charge on any atom is -0.396 e. The van der Waals surface area contributed by atoms with E-state index in [2.05, 4.69) is 41.8 Å². The Hall–Kier alpha value is -1.55. The molecule has 4 nitrogen and oxygen atoms in total. The third-order valence-corrected chi connectivity index (χ3v) is 4.10. The molecule has 110 valence electrons. The Kier molecular flexibility index (Phi) is 5.01. The van der Waals surface area contributed by atoms with Gasteiger partial charge in [0.1, 0.15) is 0 Å². The number of amides is 2. The Bertz CT molecular complexity index is 462. The Morgan fingerprint density at radius 3 is 2.95 bits per heavy atom. The summed E-state index contributed by atoms with van der Waals surface area (Å²) >= 11 is 0. The van der Waals surface area contributed by atoms with Gasteiger partial charge < -0.3 is 15.7 Å². The molecule has 0 bridgehead atoms. The van der Waals surface area contributed by atoms with Crippen LogP contribution in [0.2, 0.25) is 0 Å². The second kappa shape index (κ2) is 6.75. The van der Waals surface area contributed by atoms with Crippen LogP contribution in [-0.4, -0.2) is 30.8 Å². The maximum absolute atomic E-state index is 11.7. The van der Waals surface area contributed by atoms with E-state index in [0.29, 0.717) is 19.5 Å².